The van der Waals surface area contributed by atoms with Gasteiger partial charge in [0.05, 0.1) is 22.6 Å². The molecule has 2 amide bonds. The molecule has 1 aromatic heterocycles. The first kappa shape index (κ1) is 28.1. The van der Waals surface area contributed by atoms with Crippen LogP contribution in [0.4, 0.5) is 10.5 Å². The highest BCUT2D eigenvalue weighted by atomic mass is 35.5. The average molecular weight is 565 g/mol. The number of para-hydroxylation sites is 1. The first-order valence-corrected chi connectivity index (χ1v) is 14.2. The fraction of sp³-hybridized carbons (Fsp3) is 0.206. The van der Waals surface area contributed by atoms with Gasteiger partial charge >= 0.3 is 6.03 Å². The van der Waals surface area contributed by atoms with Crippen LogP contribution in [0.1, 0.15) is 41.9 Å². The van der Waals surface area contributed by atoms with Crippen LogP contribution in [0.15, 0.2) is 102 Å². The molecular formula is C34H33ClN4O2. The number of halogens is 1. The second kappa shape index (κ2) is 12.4. The van der Waals surface area contributed by atoms with Crippen LogP contribution in [0.2, 0.25) is 5.02 Å². The Bertz CT molecular complexity index is 1730. The summed E-state index contributed by atoms with van der Waals surface area (Å²) in [6, 6.07) is 29.7. The fourth-order valence-electron chi connectivity index (χ4n) is 5.05. The summed E-state index contributed by atoms with van der Waals surface area (Å²) in [7, 11) is 0. The normalized spacial score (nSPS) is 11.8. The molecule has 0 aliphatic carbocycles. The zero-order valence-corrected chi connectivity index (χ0v) is 24.2. The second-order valence-electron chi connectivity index (χ2n) is 10.2. The molecule has 4 aromatic carbocycles. The van der Waals surface area contributed by atoms with Crippen LogP contribution in [-0.2, 0) is 6.42 Å². The van der Waals surface area contributed by atoms with Crippen LogP contribution in [0.5, 0.6) is 0 Å². The van der Waals surface area contributed by atoms with E-state index in [-0.39, 0.29) is 11.6 Å². The van der Waals surface area contributed by atoms with E-state index in [1.807, 2.05) is 75.4 Å². The number of carbonyl (C=O) groups is 1. The van der Waals surface area contributed by atoms with Crippen molar-refractivity contribution >= 4 is 34.2 Å². The molecular weight excluding hydrogens is 532 g/mol. The van der Waals surface area contributed by atoms with Crippen molar-refractivity contribution in [2.75, 3.05) is 11.9 Å². The molecule has 0 saturated heterocycles. The number of urea groups is 1. The summed E-state index contributed by atoms with van der Waals surface area (Å²) in [5.74, 6) is 0.527. The van der Waals surface area contributed by atoms with Gasteiger partial charge in [-0.15, -0.1) is 0 Å². The Morgan fingerprint density at radius 1 is 0.927 bits per heavy atom. The maximum atomic E-state index is 14.1. The maximum absolute atomic E-state index is 14.1. The Hall–Kier alpha value is -4.42. The van der Waals surface area contributed by atoms with E-state index in [4.69, 9.17) is 16.6 Å². The Balaban J connectivity index is 1.64. The van der Waals surface area contributed by atoms with Crippen molar-refractivity contribution in [2.24, 2.45) is 0 Å². The molecule has 7 heteroatoms. The van der Waals surface area contributed by atoms with Crippen molar-refractivity contribution in [1.82, 2.24) is 14.5 Å². The first-order chi connectivity index (χ1) is 19.9. The zero-order chi connectivity index (χ0) is 28.9. The van der Waals surface area contributed by atoms with Crippen molar-refractivity contribution in [2.45, 2.75) is 39.7 Å². The summed E-state index contributed by atoms with van der Waals surface area (Å²) in [5, 5.41) is 4.15. The molecule has 0 fully saturated rings. The third-order valence-corrected chi connectivity index (χ3v) is 7.70. The van der Waals surface area contributed by atoms with Crippen molar-refractivity contribution in [3.8, 4) is 5.69 Å². The minimum absolute atomic E-state index is 0.159. The number of aryl methyl sites for hydroxylation is 2. The molecule has 41 heavy (non-hydrogen) atoms. The molecule has 1 unspecified atom stereocenters. The highest BCUT2D eigenvalue weighted by Gasteiger charge is 2.29. The monoisotopic (exact) mass is 564 g/mol. The fourth-order valence-corrected chi connectivity index (χ4v) is 5.18. The summed E-state index contributed by atoms with van der Waals surface area (Å²) in [4.78, 5) is 34.8. The standard InChI is InChI=1S/C34H33ClN4O2/c1-4-31(38(21-20-25-10-6-5-7-11-25)34(41)36-27-17-15-26(35)16-18-27)32-37-30-13-9-8-12-29(30)33(40)39(32)28-19-14-23(2)24(3)22-28/h5-19,22,31H,4,20-21H2,1-3H3,(H,36,41). The summed E-state index contributed by atoms with van der Waals surface area (Å²) >= 11 is 6.08. The molecule has 5 aromatic rings. The van der Waals surface area contributed by atoms with Crippen LogP contribution in [0, 0.1) is 13.8 Å². The number of benzene rings is 4. The third-order valence-electron chi connectivity index (χ3n) is 7.45. The minimum atomic E-state index is -0.482. The number of rotatable bonds is 8. The molecule has 0 bridgehead atoms. The van der Waals surface area contributed by atoms with Gasteiger partial charge in [-0.2, -0.15) is 0 Å². The number of aromatic nitrogens is 2. The lowest BCUT2D eigenvalue weighted by atomic mass is 10.1. The molecule has 0 aliphatic heterocycles. The van der Waals surface area contributed by atoms with E-state index in [1.54, 1.807) is 39.8 Å². The number of hydrogen-bond donors (Lipinski definition) is 1. The Morgan fingerprint density at radius 2 is 1.63 bits per heavy atom. The van der Waals surface area contributed by atoms with Crippen molar-refractivity contribution < 1.29 is 4.79 Å². The third kappa shape index (κ3) is 6.18. The van der Waals surface area contributed by atoms with E-state index < -0.39 is 6.04 Å². The zero-order valence-electron chi connectivity index (χ0n) is 23.5. The van der Waals surface area contributed by atoms with Gasteiger partial charge in [-0.3, -0.25) is 9.36 Å². The summed E-state index contributed by atoms with van der Waals surface area (Å²) in [6.45, 7) is 6.52. The number of amides is 2. The van der Waals surface area contributed by atoms with Crippen LogP contribution in [0.3, 0.4) is 0 Å². The Kier molecular flexibility index (Phi) is 8.50. The number of hydrogen-bond acceptors (Lipinski definition) is 3. The van der Waals surface area contributed by atoms with Gasteiger partial charge in [-0.1, -0.05) is 67.1 Å². The minimum Gasteiger partial charge on any atom is -0.314 e. The van der Waals surface area contributed by atoms with Crippen molar-refractivity contribution in [3.05, 3.63) is 135 Å². The molecule has 6 nitrogen and oxygen atoms in total. The average Bonchev–Trinajstić information content (AvgIpc) is 2.98. The van der Waals surface area contributed by atoms with Crippen LogP contribution in [-0.4, -0.2) is 27.0 Å². The van der Waals surface area contributed by atoms with Crippen LogP contribution < -0.4 is 10.9 Å². The number of carbonyl (C=O) groups excluding carboxylic acids is 1. The summed E-state index contributed by atoms with van der Waals surface area (Å²) < 4.78 is 1.67. The maximum Gasteiger partial charge on any atom is 0.322 e. The number of nitrogens with one attached hydrogen (secondary N) is 1. The molecule has 1 atom stereocenters. The van der Waals surface area contributed by atoms with E-state index in [0.29, 0.717) is 46.8 Å². The van der Waals surface area contributed by atoms with Gasteiger partial charge in [-0.05, 0) is 91.9 Å². The highest BCUT2D eigenvalue weighted by molar-refractivity contribution is 6.30. The molecule has 0 radical (unpaired) electrons. The number of nitrogens with zero attached hydrogens (tertiary/aromatic N) is 3. The van der Waals surface area contributed by atoms with Gasteiger partial charge in [0.25, 0.3) is 5.56 Å². The summed E-state index contributed by atoms with van der Waals surface area (Å²) in [5.41, 5.74) is 5.13. The largest absolute Gasteiger partial charge is 0.322 e. The van der Waals surface area contributed by atoms with Crippen LogP contribution >= 0.6 is 11.6 Å². The molecule has 5 rings (SSSR count). The predicted octanol–water partition coefficient (Wildman–Crippen LogP) is 7.88. The van der Waals surface area contributed by atoms with Crippen molar-refractivity contribution in [3.63, 3.8) is 0 Å². The SMILES string of the molecule is CCC(c1nc2ccccc2c(=O)n1-c1ccc(C)c(C)c1)N(CCc1ccccc1)C(=O)Nc1ccc(Cl)cc1. The van der Waals surface area contributed by atoms with E-state index >= 15 is 0 Å². The lowest BCUT2D eigenvalue weighted by molar-refractivity contribution is 0.182. The van der Waals surface area contributed by atoms with Crippen LogP contribution in [0.25, 0.3) is 16.6 Å². The molecule has 1 heterocycles. The lowest BCUT2D eigenvalue weighted by Crippen LogP contribution is -2.42. The lowest BCUT2D eigenvalue weighted by Gasteiger charge is -2.32. The molecule has 0 aliphatic rings. The number of fused-ring (bicyclic) bond motifs is 1. The second-order valence-corrected chi connectivity index (χ2v) is 10.6. The highest BCUT2D eigenvalue weighted by Crippen LogP contribution is 2.28. The molecule has 208 valence electrons. The quantitative estimate of drug-likeness (QED) is 0.208. The van der Waals surface area contributed by atoms with E-state index in [9.17, 15) is 9.59 Å². The van der Waals surface area contributed by atoms with Gasteiger partial charge in [0.15, 0.2) is 0 Å². The van der Waals surface area contributed by atoms with Gasteiger partial charge in [-0.25, -0.2) is 9.78 Å². The van der Waals surface area contributed by atoms with E-state index in [1.165, 1.54) is 0 Å². The van der Waals surface area contributed by atoms with Gasteiger partial charge in [0, 0.05) is 17.3 Å². The van der Waals surface area contributed by atoms with Crippen molar-refractivity contribution in [1.29, 1.82) is 0 Å². The summed E-state index contributed by atoms with van der Waals surface area (Å²) in [6.07, 6.45) is 1.20. The van der Waals surface area contributed by atoms with Gasteiger partial charge in [0.2, 0.25) is 0 Å². The smallest absolute Gasteiger partial charge is 0.314 e. The number of anilines is 1. The Labute approximate surface area is 245 Å². The molecule has 0 saturated carbocycles. The van der Waals surface area contributed by atoms with Gasteiger partial charge in [0.1, 0.15) is 5.82 Å². The first-order valence-electron chi connectivity index (χ1n) is 13.8. The Morgan fingerprint density at radius 3 is 2.34 bits per heavy atom. The topological polar surface area (TPSA) is 67.2 Å². The van der Waals surface area contributed by atoms with Gasteiger partial charge < -0.3 is 10.2 Å². The molecule has 1 N–H and O–H groups in total. The molecule has 0 spiro atoms. The van der Waals surface area contributed by atoms with E-state index in [0.717, 1.165) is 22.4 Å². The predicted molar refractivity (Wildman–Crippen MR) is 167 cm³/mol. The van der Waals surface area contributed by atoms with E-state index in [2.05, 4.69) is 17.4 Å².